The van der Waals surface area contributed by atoms with Crippen molar-refractivity contribution in [2.75, 3.05) is 67.2 Å². The Morgan fingerprint density at radius 2 is 1.38 bits per heavy atom. The molecule has 4 rings (SSSR count). The fraction of sp³-hybridized carbons (Fsp3) is 0.689. The van der Waals surface area contributed by atoms with Gasteiger partial charge in [0.25, 0.3) is 0 Å². The lowest BCUT2D eigenvalue weighted by Gasteiger charge is -2.40. The van der Waals surface area contributed by atoms with Crippen LogP contribution in [0.1, 0.15) is 141 Å². The smallest absolute Gasteiger partial charge is 0.246 e. The lowest BCUT2D eigenvalue weighted by Crippen LogP contribution is -2.58. The van der Waals surface area contributed by atoms with Crippen molar-refractivity contribution in [1.82, 2.24) is 35.6 Å². The second-order valence-corrected chi connectivity index (χ2v) is 23.1. The molecule has 7 unspecified atom stereocenters. The van der Waals surface area contributed by atoms with Gasteiger partial charge in [0.15, 0.2) is 5.78 Å². The number of ketones is 1. The van der Waals surface area contributed by atoms with E-state index in [1.54, 1.807) is 16.8 Å². The van der Waals surface area contributed by atoms with Crippen LogP contribution < -0.4 is 16.0 Å². The molecular weight excluding hydrogens is 975 g/mol. The zero-order valence-electron chi connectivity index (χ0n) is 49.3. The number of amides is 6. The van der Waals surface area contributed by atoms with E-state index < -0.39 is 30.1 Å². The molecule has 10 atom stereocenters. The summed E-state index contributed by atoms with van der Waals surface area (Å²) in [4.78, 5) is 105. The fourth-order valence-corrected chi connectivity index (χ4v) is 11.5. The van der Waals surface area contributed by atoms with Crippen LogP contribution in [0.3, 0.4) is 0 Å². The highest BCUT2D eigenvalue weighted by molar-refractivity contribution is 5.96. The SMILES string of the molecule is CCC(C)C(C(C)CC(=O)N1CCCC1C(C)C(C)C(=O)N[C@@H](Cc1ccccc1)C(=O)N1CCC[C@@H]1C(=O)NCCOCCOCCCC(=O)c1ccc(C)c(C)c1)N(C)C(=O)[C@@H](NC(=O)C(C(C)C)N(C)C)C(C)C. The van der Waals surface area contributed by atoms with E-state index in [1.165, 1.54) is 0 Å². The molecule has 16 nitrogen and oxygen atoms in total. The van der Waals surface area contributed by atoms with Gasteiger partial charge < -0.3 is 40.1 Å². The first-order valence-corrected chi connectivity index (χ1v) is 28.7. The van der Waals surface area contributed by atoms with Gasteiger partial charge in [0.2, 0.25) is 35.4 Å². The molecule has 0 radical (unpaired) electrons. The average molecular weight is 1070 g/mol. The summed E-state index contributed by atoms with van der Waals surface area (Å²) in [6.07, 6.45) is 4.95. The van der Waals surface area contributed by atoms with E-state index in [1.807, 2.05) is 135 Å². The van der Waals surface area contributed by atoms with Crippen LogP contribution in [0.25, 0.3) is 0 Å². The number of likely N-dealkylation sites (tertiary alicyclic amines) is 2. The van der Waals surface area contributed by atoms with Crippen LogP contribution in [0.4, 0.5) is 0 Å². The normalized spacial score (nSPS) is 18.8. The Balaban J connectivity index is 1.33. The van der Waals surface area contributed by atoms with E-state index in [0.717, 1.165) is 41.5 Å². The van der Waals surface area contributed by atoms with Crippen molar-refractivity contribution >= 4 is 41.2 Å². The Kier molecular flexibility index (Phi) is 26.2. The van der Waals surface area contributed by atoms with Gasteiger partial charge in [0, 0.05) is 76.1 Å². The monoisotopic (exact) mass is 1070 g/mol. The molecule has 2 aliphatic rings. The van der Waals surface area contributed by atoms with E-state index in [-0.39, 0.29) is 109 Å². The first-order chi connectivity index (χ1) is 36.5. The predicted molar refractivity (Wildman–Crippen MR) is 303 cm³/mol. The molecule has 0 aliphatic carbocycles. The topological polar surface area (TPSA) is 187 Å². The molecule has 0 bridgehead atoms. The molecule has 2 saturated heterocycles. The molecule has 16 heteroatoms. The summed E-state index contributed by atoms with van der Waals surface area (Å²) in [5.41, 5.74) is 3.85. The van der Waals surface area contributed by atoms with Crippen molar-refractivity contribution in [3.8, 4) is 0 Å². The van der Waals surface area contributed by atoms with Gasteiger partial charge in [-0.3, -0.25) is 38.5 Å². The first-order valence-electron chi connectivity index (χ1n) is 28.7. The molecule has 2 heterocycles. The molecule has 2 aliphatic heterocycles. The van der Waals surface area contributed by atoms with E-state index in [0.29, 0.717) is 58.6 Å². The number of carbonyl (C=O) groups is 7. The summed E-state index contributed by atoms with van der Waals surface area (Å²) < 4.78 is 11.4. The number of carbonyl (C=O) groups excluding carboxylic acids is 7. The lowest BCUT2D eigenvalue weighted by atomic mass is 9.84. The van der Waals surface area contributed by atoms with E-state index in [4.69, 9.17) is 9.47 Å². The molecular formula is C61H97N7O9. The standard InChI is InChI=1S/C61H97N7O9/c1-15-41(6)56(66(14)61(75)54(39(2)3)64-59(73)55(40(4)5)65(12)13)44(9)37-53(70)67-30-19-24-50(67)45(10)46(11)57(71)63-49(38-47-22-17-16-18-23-47)60(74)68-31-20-25-51(68)58(72)62-29-33-77-35-34-76-32-21-26-52(69)48-28-27-42(7)43(8)36-48/h16-18,22-23,27-28,36,39-41,44-46,49-51,54-56H,15,19-21,24-26,29-35,37-38H2,1-14H3,(H,62,72)(H,63,71)(H,64,73)/t41?,44?,45?,46?,49-,50?,51+,54-,55?,56?/m0/s1. The van der Waals surface area contributed by atoms with Gasteiger partial charge >= 0.3 is 0 Å². The van der Waals surface area contributed by atoms with E-state index >= 15 is 0 Å². The van der Waals surface area contributed by atoms with Gasteiger partial charge in [-0.1, -0.05) is 111 Å². The third-order valence-electron chi connectivity index (χ3n) is 16.4. The fourth-order valence-electron chi connectivity index (χ4n) is 11.5. The largest absolute Gasteiger partial charge is 0.379 e. The summed E-state index contributed by atoms with van der Waals surface area (Å²) in [7, 11) is 5.53. The average Bonchev–Trinajstić information content (AvgIpc) is 4.10. The number of benzene rings is 2. The maximum absolute atomic E-state index is 14.5. The number of hydrogen-bond donors (Lipinski definition) is 3. The highest BCUT2D eigenvalue weighted by Crippen LogP contribution is 2.33. The molecule has 0 saturated carbocycles. The van der Waals surface area contributed by atoms with Crippen molar-refractivity contribution in [2.45, 2.75) is 170 Å². The number of rotatable bonds is 31. The third-order valence-corrected chi connectivity index (χ3v) is 16.4. The molecule has 77 heavy (non-hydrogen) atoms. The molecule has 0 spiro atoms. The van der Waals surface area contributed by atoms with E-state index in [2.05, 4.69) is 29.8 Å². The molecule has 0 aromatic heterocycles. The van der Waals surface area contributed by atoms with Crippen molar-refractivity contribution in [1.29, 1.82) is 0 Å². The molecule has 2 aromatic carbocycles. The van der Waals surface area contributed by atoms with Crippen molar-refractivity contribution in [3.63, 3.8) is 0 Å². The minimum Gasteiger partial charge on any atom is -0.379 e. The van der Waals surface area contributed by atoms with Crippen LogP contribution in [0, 0.1) is 49.4 Å². The molecule has 430 valence electrons. The minimum absolute atomic E-state index is 0.0189. The highest BCUT2D eigenvalue weighted by Gasteiger charge is 2.42. The van der Waals surface area contributed by atoms with Gasteiger partial charge in [-0.05, 0) is 112 Å². The maximum atomic E-state index is 14.5. The van der Waals surface area contributed by atoms with Crippen molar-refractivity contribution in [3.05, 3.63) is 70.8 Å². The van der Waals surface area contributed by atoms with Crippen molar-refractivity contribution in [2.24, 2.45) is 35.5 Å². The Hall–Kier alpha value is -5.19. The molecule has 6 amide bonds. The Bertz CT molecular complexity index is 2230. The van der Waals surface area contributed by atoms with Gasteiger partial charge in [-0.25, -0.2) is 0 Å². The number of nitrogens with one attached hydrogen (secondary N) is 3. The van der Waals surface area contributed by atoms with Crippen LogP contribution in [0.2, 0.25) is 0 Å². The lowest BCUT2D eigenvalue weighted by molar-refractivity contribution is -0.143. The minimum atomic E-state index is -0.922. The number of nitrogens with zero attached hydrogens (tertiary/aromatic N) is 4. The van der Waals surface area contributed by atoms with Crippen LogP contribution in [-0.2, 0) is 44.7 Å². The van der Waals surface area contributed by atoms with Crippen LogP contribution in [0.15, 0.2) is 48.5 Å². The van der Waals surface area contributed by atoms with Crippen LogP contribution >= 0.6 is 0 Å². The van der Waals surface area contributed by atoms with Gasteiger partial charge in [0.1, 0.15) is 18.1 Å². The Morgan fingerprint density at radius 3 is 2.00 bits per heavy atom. The Labute approximate surface area is 461 Å². The number of likely N-dealkylation sites (N-methyl/N-ethyl adjacent to an activating group) is 2. The number of ether oxygens (including phenoxy) is 2. The predicted octanol–water partition coefficient (Wildman–Crippen LogP) is 7.02. The summed E-state index contributed by atoms with van der Waals surface area (Å²) in [6, 6.07) is 12.1. The van der Waals surface area contributed by atoms with Gasteiger partial charge in [0.05, 0.1) is 25.9 Å². The quantitative estimate of drug-likeness (QED) is 0.0523. The molecule has 2 fully saturated rings. The van der Waals surface area contributed by atoms with Gasteiger partial charge in [-0.2, -0.15) is 0 Å². The molecule has 2 aromatic rings. The summed E-state index contributed by atoms with van der Waals surface area (Å²) in [5.74, 6) is -2.20. The highest BCUT2D eigenvalue weighted by atomic mass is 16.5. The Morgan fingerprint density at radius 1 is 0.727 bits per heavy atom. The van der Waals surface area contributed by atoms with Crippen LogP contribution in [0.5, 0.6) is 0 Å². The molecule has 3 N–H and O–H groups in total. The zero-order chi connectivity index (χ0) is 57.1. The first kappa shape index (κ1) is 64.3. The summed E-state index contributed by atoms with van der Waals surface area (Å²) in [6.45, 7) is 24.6. The van der Waals surface area contributed by atoms with Crippen LogP contribution in [-0.4, -0.2) is 164 Å². The van der Waals surface area contributed by atoms with Gasteiger partial charge in [-0.15, -0.1) is 0 Å². The van der Waals surface area contributed by atoms with Crippen molar-refractivity contribution < 1.29 is 43.0 Å². The summed E-state index contributed by atoms with van der Waals surface area (Å²) in [5, 5.41) is 9.12. The maximum Gasteiger partial charge on any atom is 0.246 e. The number of aryl methyl sites for hydroxylation is 2. The third kappa shape index (κ3) is 18.4. The number of Topliss-reactive ketones (excluding diaryl/α,β-unsaturated/α-hetero) is 1. The zero-order valence-corrected chi connectivity index (χ0v) is 49.3. The summed E-state index contributed by atoms with van der Waals surface area (Å²) >= 11 is 0. The second kappa shape index (κ2) is 31.4. The van der Waals surface area contributed by atoms with E-state index in [9.17, 15) is 33.6 Å². The number of hydrogen-bond acceptors (Lipinski definition) is 10. The second-order valence-electron chi connectivity index (χ2n) is 23.1.